The Morgan fingerprint density at radius 2 is 1.87 bits per heavy atom. The summed E-state index contributed by atoms with van der Waals surface area (Å²) in [6, 6.07) is 5.77. The van der Waals surface area contributed by atoms with Crippen LogP contribution >= 0.6 is 0 Å². The normalized spacial score (nSPS) is 13.2. The minimum Gasteiger partial charge on any atom is -0.350 e. The molecular formula is C22H25F2N5O2. The summed E-state index contributed by atoms with van der Waals surface area (Å²) >= 11 is 0. The zero-order valence-corrected chi connectivity index (χ0v) is 17.6. The number of carbonyl (C=O) groups excluding carboxylic acids is 2. The second-order valence-corrected chi connectivity index (χ2v) is 7.63. The molecule has 31 heavy (non-hydrogen) atoms. The van der Waals surface area contributed by atoms with Crippen molar-refractivity contribution in [1.82, 2.24) is 25.5 Å². The van der Waals surface area contributed by atoms with Crippen molar-refractivity contribution in [1.29, 1.82) is 0 Å². The highest BCUT2D eigenvalue weighted by Crippen LogP contribution is 2.13. The van der Waals surface area contributed by atoms with Crippen LogP contribution in [0.1, 0.15) is 18.1 Å². The summed E-state index contributed by atoms with van der Waals surface area (Å²) in [4.78, 5) is 34.4. The van der Waals surface area contributed by atoms with E-state index in [0.29, 0.717) is 5.56 Å². The molecule has 1 aromatic carbocycles. The fourth-order valence-corrected chi connectivity index (χ4v) is 3.03. The Morgan fingerprint density at radius 3 is 2.58 bits per heavy atom. The number of pyridine rings is 1. The molecule has 3 N–H and O–H groups in total. The average Bonchev–Trinajstić information content (AvgIpc) is 3.21. The van der Waals surface area contributed by atoms with Crippen molar-refractivity contribution in [2.75, 3.05) is 14.1 Å². The van der Waals surface area contributed by atoms with Crippen molar-refractivity contribution in [3.8, 4) is 0 Å². The van der Waals surface area contributed by atoms with Gasteiger partial charge in [-0.3, -0.25) is 14.5 Å². The summed E-state index contributed by atoms with van der Waals surface area (Å²) in [6.07, 6.45) is 3.44. The number of benzene rings is 1. The van der Waals surface area contributed by atoms with Gasteiger partial charge in [-0.2, -0.15) is 0 Å². The minimum atomic E-state index is -1.00. The monoisotopic (exact) mass is 429 g/mol. The first-order valence-corrected chi connectivity index (χ1v) is 9.85. The molecule has 2 aromatic heterocycles. The Balaban J connectivity index is 1.73. The lowest BCUT2D eigenvalue weighted by atomic mass is 10.0. The van der Waals surface area contributed by atoms with E-state index in [9.17, 15) is 18.4 Å². The number of hydrogen-bond donors (Lipinski definition) is 3. The van der Waals surface area contributed by atoms with Crippen LogP contribution in [0, 0.1) is 11.6 Å². The van der Waals surface area contributed by atoms with Crippen molar-refractivity contribution in [3.05, 3.63) is 65.5 Å². The lowest BCUT2D eigenvalue weighted by Gasteiger charge is -2.24. The number of nitrogens with one attached hydrogen (secondary N) is 3. The number of likely N-dealkylation sites (N-methyl/N-ethyl adjacent to an activating group) is 1. The van der Waals surface area contributed by atoms with E-state index in [1.54, 1.807) is 38.3 Å². The van der Waals surface area contributed by atoms with Gasteiger partial charge >= 0.3 is 0 Å². The summed E-state index contributed by atoms with van der Waals surface area (Å²) in [5, 5.41) is 6.42. The van der Waals surface area contributed by atoms with E-state index in [1.807, 2.05) is 12.1 Å². The summed E-state index contributed by atoms with van der Waals surface area (Å²) in [7, 11) is 3.50. The molecule has 0 bridgehead atoms. The van der Waals surface area contributed by atoms with Crippen LogP contribution in [-0.4, -0.2) is 52.9 Å². The number of halogens is 2. The van der Waals surface area contributed by atoms with Gasteiger partial charge in [0, 0.05) is 30.7 Å². The number of rotatable bonds is 8. The van der Waals surface area contributed by atoms with Crippen LogP contribution < -0.4 is 10.6 Å². The molecule has 0 radical (unpaired) electrons. The number of aromatic amines is 1. The number of aromatic nitrogens is 2. The molecule has 2 amide bonds. The number of amides is 2. The lowest BCUT2D eigenvalue weighted by molar-refractivity contribution is -0.131. The van der Waals surface area contributed by atoms with Crippen molar-refractivity contribution in [2.45, 2.75) is 32.0 Å². The molecule has 0 aliphatic heterocycles. The molecule has 3 aromatic rings. The molecule has 7 nitrogen and oxygen atoms in total. The van der Waals surface area contributed by atoms with Crippen molar-refractivity contribution in [3.63, 3.8) is 0 Å². The van der Waals surface area contributed by atoms with Crippen LogP contribution in [0.2, 0.25) is 0 Å². The van der Waals surface area contributed by atoms with Crippen LogP contribution in [0.3, 0.4) is 0 Å². The van der Waals surface area contributed by atoms with Gasteiger partial charge in [-0.1, -0.05) is 6.07 Å². The SMILES string of the molecule is CC(C(=O)N[C@@H](Cc1ccc(F)c(F)c1)C(=O)NCc1cnc2[nH]ccc2c1)N(C)C. The van der Waals surface area contributed by atoms with Crippen LogP contribution in [0.15, 0.2) is 42.7 Å². The van der Waals surface area contributed by atoms with Gasteiger partial charge in [-0.15, -0.1) is 0 Å². The second-order valence-electron chi connectivity index (χ2n) is 7.63. The summed E-state index contributed by atoms with van der Waals surface area (Å²) < 4.78 is 26.9. The largest absolute Gasteiger partial charge is 0.350 e. The van der Waals surface area contributed by atoms with Gasteiger partial charge in [-0.05, 0) is 56.4 Å². The highest BCUT2D eigenvalue weighted by atomic mass is 19.2. The molecule has 164 valence electrons. The quantitative estimate of drug-likeness (QED) is 0.512. The Hall–Kier alpha value is -3.33. The van der Waals surface area contributed by atoms with Gasteiger partial charge in [0.15, 0.2) is 11.6 Å². The molecule has 2 atom stereocenters. The van der Waals surface area contributed by atoms with Crippen LogP contribution in [0.5, 0.6) is 0 Å². The maximum atomic E-state index is 13.6. The van der Waals surface area contributed by atoms with E-state index in [1.165, 1.54) is 6.07 Å². The van der Waals surface area contributed by atoms with E-state index in [0.717, 1.165) is 28.7 Å². The molecule has 2 heterocycles. The van der Waals surface area contributed by atoms with Crippen molar-refractivity contribution in [2.24, 2.45) is 0 Å². The smallest absolute Gasteiger partial charge is 0.243 e. The zero-order valence-electron chi connectivity index (χ0n) is 17.6. The number of fused-ring (bicyclic) bond motifs is 1. The standard InChI is InChI=1S/C22H25F2N5O2/c1-13(29(2)3)21(30)28-19(10-14-4-5-17(23)18(24)9-14)22(31)27-12-15-8-16-6-7-25-20(16)26-11-15/h4-9,11,13,19H,10,12H2,1-3H3,(H,25,26)(H,27,31)(H,28,30)/t13?,19-/m0/s1. The molecule has 0 saturated heterocycles. The third kappa shape index (κ3) is 5.64. The molecule has 9 heteroatoms. The van der Waals surface area contributed by atoms with Crippen molar-refractivity contribution < 1.29 is 18.4 Å². The van der Waals surface area contributed by atoms with E-state index in [2.05, 4.69) is 20.6 Å². The molecule has 3 rings (SSSR count). The van der Waals surface area contributed by atoms with E-state index in [-0.39, 0.29) is 18.9 Å². The number of hydrogen-bond acceptors (Lipinski definition) is 4. The van der Waals surface area contributed by atoms with Gasteiger partial charge in [0.05, 0.1) is 6.04 Å². The Kier molecular flexibility index (Phi) is 6.96. The highest BCUT2D eigenvalue weighted by molar-refractivity contribution is 5.89. The number of nitrogens with zero attached hydrogens (tertiary/aromatic N) is 2. The zero-order chi connectivity index (χ0) is 22.5. The average molecular weight is 429 g/mol. The van der Waals surface area contributed by atoms with E-state index in [4.69, 9.17) is 0 Å². The van der Waals surface area contributed by atoms with Crippen LogP contribution in [-0.2, 0) is 22.6 Å². The van der Waals surface area contributed by atoms with Crippen LogP contribution in [0.4, 0.5) is 8.78 Å². The van der Waals surface area contributed by atoms with E-state index >= 15 is 0 Å². The fraction of sp³-hybridized carbons (Fsp3) is 0.318. The first-order valence-electron chi connectivity index (χ1n) is 9.85. The number of H-pyrrole nitrogens is 1. The summed E-state index contributed by atoms with van der Waals surface area (Å²) in [5.74, 6) is -2.75. The lowest BCUT2D eigenvalue weighted by Crippen LogP contribution is -2.52. The van der Waals surface area contributed by atoms with Gasteiger partial charge in [0.2, 0.25) is 11.8 Å². The Bertz CT molecular complexity index is 1080. The highest BCUT2D eigenvalue weighted by Gasteiger charge is 2.25. The van der Waals surface area contributed by atoms with Gasteiger partial charge in [0.25, 0.3) is 0 Å². The molecule has 0 fully saturated rings. The topological polar surface area (TPSA) is 90.1 Å². The maximum absolute atomic E-state index is 13.6. The summed E-state index contributed by atoms with van der Waals surface area (Å²) in [5.41, 5.74) is 1.93. The van der Waals surface area contributed by atoms with Gasteiger partial charge < -0.3 is 15.6 Å². The molecule has 0 aliphatic rings. The molecule has 0 saturated carbocycles. The third-order valence-corrected chi connectivity index (χ3v) is 5.13. The molecule has 0 spiro atoms. The van der Waals surface area contributed by atoms with Gasteiger partial charge in [-0.25, -0.2) is 13.8 Å². The number of carbonyl (C=O) groups is 2. The first kappa shape index (κ1) is 22.4. The van der Waals surface area contributed by atoms with E-state index < -0.39 is 29.6 Å². The van der Waals surface area contributed by atoms with Crippen LogP contribution in [0.25, 0.3) is 11.0 Å². The second kappa shape index (κ2) is 9.65. The van der Waals surface area contributed by atoms with Gasteiger partial charge in [0.1, 0.15) is 11.7 Å². The molecular weight excluding hydrogens is 404 g/mol. The Morgan fingerprint density at radius 1 is 1.10 bits per heavy atom. The predicted molar refractivity (Wildman–Crippen MR) is 113 cm³/mol. The summed E-state index contributed by atoms with van der Waals surface area (Å²) in [6.45, 7) is 1.92. The molecule has 1 unspecified atom stereocenters. The predicted octanol–water partition coefficient (Wildman–Crippen LogP) is 2.13. The first-order chi connectivity index (χ1) is 14.7. The Labute approximate surface area is 178 Å². The molecule has 0 aliphatic carbocycles. The third-order valence-electron chi connectivity index (χ3n) is 5.13. The fourth-order valence-electron chi connectivity index (χ4n) is 3.03. The van der Waals surface area contributed by atoms with Crippen molar-refractivity contribution >= 4 is 22.8 Å². The maximum Gasteiger partial charge on any atom is 0.243 e. The minimum absolute atomic E-state index is 0.0179.